The number of carbonyl (C=O) groups is 2. The third kappa shape index (κ3) is 4.33. The Morgan fingerprint density at radius 2 is 2.11 bits per heavy atom. The first kappa shape index (κ1) is 23.6. The van der Waals surface area contributed by atoms with Crippen LogP contribution in [0.4, 0.5) is 16.8 Å². The van der Waals surface area contributed by atoms with E-state index in [-0.39, 0.29) is 21.6 Å². The summed E-state index contributed by atoms with van der Waals surface area (Å²) in [6, 6.07) is 9.09. The highest BCUT2D eigenvalue weighted by molar-refractivity contribution is 7.17. The van der Waals surface area contributed by atoms with Crippen molar-refractivity contribution in [2.45, 2.75) is 18.9 Å². The van der Waals surface area contributed by atoms with Gasteiger partial charge in [-0.05, 0) is 37.1 Å². The molecule has 1 saturated heterocycles. The molecule has 1 aromatic carbocycles. The number of fused-ring (bicyclic) bond motifs is 1. The van der Waals surface area contributed by atoms with Crippen molar-refractivity contribution in [2.24, 2.45) is 0 Å². The molecule has 4 heterocycles. The Kier molecular flexibility index (Phi) is 6.24. The molecule has 4 aromatic rings. The second kappa shape index (κ2) is 9.51. The van der Waals surface area contributed by atoms with E-state index in [1.54, 1.807) is 33.8 Å². The average Bonchev–Trinajstić information content (AvgIpc) is 3.62. The number of hydrogen-bond donors (Lipinski definition) is 1. The Balaban J connectivity index is 1.61. The van der Waals surface area contributed by atoms with Crippen LogP contribution in [0.3, 0.4) is 0 Å². The molecule has 0 radical (unpaired) electrons. The minimum atomic E-state index is -0.571. The Bertz CT molecular complexity index is 1500. The van der Waals surface area contributed by atoms with Crippen molar-refractivity contribution in [3.8, 4) is 5.69 Å². The molecule has 1 aliphatic rings. The van der Waals surface area contributed by atoms with Crippen LogP contribution in [0.5, 0.6) is 0 Å². The molecule has 0 saturated carbocycles. The van der Waals surface area contributed by atoms with Crippen LogP contribution in [0.2, 0.25) is 5.02 Å². The molecule has 14 heteroatoms. The van der Waals surface area contributed by atoms with E-state index < -0.39 is 22.8 Å². The van der Waals surface area contributed by atoms with E-state index in [4.69, 9.17) is 16.3 Å². The fourth-order valence-corrected chi connectivity index (χ4v) is 4.92. The van der Waals surface area contributed by atoms with Crippen molar-refractivity contribution in [3.05, 3.63) is 62.6 Å². The van der Waals surface area contributed by atoms with Gasteiger partial charge in [0.1, 0.15) is 11.9 Å². The van der Waals surface area contributed by atoms with Gasteiger partial charge in [-0.1, -0.05) is 29.0 Å². The van der Waals surface area contributed by atoms with E-state index in [1.165, 1.54) is 25.4 Å². The Labute approximate surface area is 212 Å². The largest absolute Gasteiger partial charge is 0.467 e. The minimum absolute atomic E-state index is 0.144. The highest BCUT2D eigenvalue weighted by atomic mass is 35.5. The van der Waals surface area contributed by atoms with Gasteiger partial charge in [-0.3, -0.25) is 14.9 Å². The topological polar surface area (TPSA) is 145 Å². The van der Waals surface area contributed by atoms with Crippen molar-refractivity contribution >= 4 is 62.6 Å². The molecule has 1 fully saturated rings. The van der Waals surface area contributed by atoms with Crippen molar-refractivity contribution in [2.75, 3.05) is 23.9 Å². The maximum Gasteiger partial charge on any atom is 0.328 e. The summed E-state index contributed by atoms with van der Waals surface area (Å²) in [5, 5.41) is 19.0. The summed E-state index contributed by atoms with van der Waals surface area (Å²) >= 11 is 6.93. The third-order valence-electron chi connectivity index (χ3n) is 5.68. The Morgan fingerprint density at radius 1 is 1.28 bits per heavy atom. The van der Waals surface area contributed by atoms with Gasteiger partial charge in [0, 0.05) is 17.6 Å². The predicted molar refractivity (Wildman–Crippen MR) is 133 cm³/mol. The van der Waals surface area contributed by atoms with Gasteiger partial charge < -0.3 is 15.0 Å². The normalized spacial score (nSPS) is 15.3. The summed E-state index contributed by atoms with van der Waals surface area (Å²) < 4.78 is 6.50. The number of anilines is 2. The van der Waals surface area contributed by atoms with Crippen LogP contribution < -0.4 is 10.2 Å². The van der Waals surface area contributed by atoms with Crippen LogP contribution in [0, 0.1) is 10.1 Å². The van der Waals surface area contributed by atoms with E-state index in [2.05, 4.69) is 20.4 Å². The van der Waals surface area contributed by atoms with Gasteiger partial charge in [0.05, 0.1) is 34.2 Å². The number of methoxy groups -OCH3 is 1. The lowest BCUT2D eigenvalue weighted by Gasteiger charge is -2.23. The summed E-state index contributed by atoms with van der Waals surface area (Å²) in [7, 11) is 1.32. The number of ether oxygens (including phenoxy) is 1. The van der Waals surface area contributed by atoms with Gasteiger partial charge in [0.2, 0.25) is 5.95 Å². The number of hydrogen-bond acceptors (Lipinski definition) is 10. The van der Waals surface area contributed by atoms with Crippen LogP contribution in [-0.2, 0) is 9.53 Å². The number of esters is 1. The van der Waals surface area contributed by atoms with Gasteiger partial charge in [-0.15, -0.1) is 0 Å². The quantitative estimate of drug-likeness (QED) is 0.224. The van der Waals surface area contributed by atoms with E-state index in [1.807, 2.05) is 0 Å². The first-order chi connectivity index (χ1) is 17.4. The van der Waals surface area contributed by atoms with Crippen molar-refractivity contribution in [1.29, 1.82) is 0 Å². The summed E-state index contributed by atoms with van der Waals surface area (Å²) in [6.07, 6.45) is 2.81. The van der Waals surface area contributed by atoms with Crippen molar-refractivity contribution in [1.82, 2.24) is 19.7 Å². The van der Waals surface area contributed by atoms with E-state index in [0.29, 0.717) is 34.7 Å². The average molecular weight is 528 g/mol. The number of nitro groups is 1. The zero-order chi connectivity index (χ0) is 25.4. The van der Waals surface area contributed by atoms with Crippen LogP contribution in [-0.4, -0.2) is 56.2 Å². The summed E-state index contributed by atoms with van der Waals surface area (Å²) in [6.45, 7) is 0.515. The molecule has 36 heavy (non-hydrogen) atoms. The van der Waals surface area contributed by atoms with Gasteiger partial charge >= 0.3 is 11.0 Å². The molecule has 1 aliphatic heterocycles. The first-order valence-electron chi connectivity index (χ1n) is 10.8. The lowest BCUT2D eigenvalue weighted by molar-refractivity contribution is -0.380. The zero-order valence-corrected chi connectivity index (χ0v) is 20.3. The molecule has 3 aromatic heterocycles. The lowest BCUT2D eigenvalue weighted by atomic mass is 10.2. The highest BCUT2D eigenvalue weighted by Gasteiger charge is 2.34. The van der Waals surface area contributed by atoms with E-state index >= 15 is 0 Å². The fourth-order valence-electron chi connectivity index (χ4n) is 4.02. The van der Waals surface area contributed by atoms with Gasteiger partial charge in [0.15, 0.2) is 5.65 Å². The second-order valence-corrected chi connectivity index (χ2v) is 9.37. The Morgan fingerprint density at radius 3 is 2.83 bits per heavy atom. The predicted octanol–water partition coefficient (Wildman–Crippen LogP) is 3.83. The molecule has 12 nitrogen and oxygen atoms in total. The van der Waals surface area contributed by atoms with Crippen LogP contribution >= 0.6 is 22.9 Å². The number of carbonyl (C=O) groups excluding carboxylic acids is 2. The molecular weight excluding hydrogens is 510 g/mol. The standard InChI is InChI=1S/C22H18ClN7O5S/c1-35-21(32)15-6-3-9-28(15)22-26-18(25-20(31)16-7-8-17(36-16)30(33)34)14-11-24-29(19(14)27-22)13-5-2-4-12(23)10-13/h2,4-5,7-8,10-11,15H,3,6,9H2,1H3,(H,25,26,27,31)/t15-/m0/s1. The third-order valence-corrected chi connectivity index (χ3v) is 6.95. The molecule has 5 rings (SSSR count). The number of rotatable bonds is 6. The molecule has 1 amide bonds. The van der Waals surface area contributed by atoms with Crippen molar-refractivity contribution in [3.63, 3.8) is 0 Å². The Hall–Kier alpha value is -4.10. The van der Waals surface area contributed by atoms with Crippen LogP contribution in [0.1, 0.15) is 22.5 Å². The highest BCUT2D eigenvalue weighted by Crippen LogP contribution is 2.31. The number of thiophene rings is 1. The van der Waals surface area contributed by atoms with Gasteiger partial charge in [-0.2, -0.15) is 15.1 Å². The second-order valence-electron chi connectivity index (χ2n) is 7.87. The zero-order valence-electron chi connectivity index (χ0n) is 18.8. The number of halogens is 1. The summed E-state index contributed by atoms with van der Waals surface area (Å²) in [5.74, 6) is -0.608. The number of nitrogens with one attached hydrogen (secondary N) is 1. The minimum Gasteiger partial charge on any atom is -0.467 e. The number of aromatic nitrogens is 4. The molecule has 0 spiro atoms. The molecule has 184 valence electrons. The first-order valence-corrected chi connectivity index (χ1v) is 12.0. The van der Waals surface area contributed by atoms with Crippen molar-refractivity contribution < 1.29 is 19.2 Å². The fraction of sp³-hybridized carbons (Fsp3) is 0.227. The molecule has 0 unspecified atom stereocenters. The van der Waals surface area contributed by atoms with Gasteiger partial charge in [-0.25, -0.2) is 9.48 Å². The smallest absolute Gasteiger partial charge is 0.328 e. The maximum atomic E-state index is 13.0. The molecule has 1 atom stereocenters. The molecule has 1 N–H and O–H groups in total. The van der Waals surface area contributed by atoms with Gasteiger partial charge in [0.25, 0.3) is 5.91 Å². The molecular formula is C22H18ClN7O5S. The number of benzene rings is 1. The summed E-state index contributed by atoms with van der Waals surface area (Å²) in [4.78, 5) is 46.9. The van der Waals surface area contributed by atoms with Crippen LogP contribution in [0.25, 0.3) is 16.7 Å². The lowest BCUT2D eigenvalue weighted by Crippen LogP contribution is -2.38. The van der Waals surface area contributed by atoms with Crippen LogP contribution in [0.15, 0.2) is 42.6 Å². The van der Waals surface area contributed by atoms with E-state index in [0.717, 1.165) is 17.8 Å². The molecule has 0 aliphatic carbocycles. The SMILES string of the molecule is COC(=O)[C@@H]1CCCN1c1nc(NC(=O)c2ccc([N+](=O)[O-])s2)c2cnn(-c3cccc(Cl)c3)c2n1. The van der Waals surface area contributed by atoms with E-state index in [9.17, 15) is 19.7 Å². The number of nitrogens with zero attached hydrogens (tertiary/aromatic N) is 6. The number of amides is 1. The summed E-state index contributed by atoms with van der Waals surface area (Å²) in [5.41, 5.74) is 1.02. The molecule has 0 bridgehead atoms. The maximum absolute atomic E-state index is 13.0. The monoisotopic (exact) mass is 527 g/mol.